The molecule has 3 heterocycles. The lowest BCUT2D eigenvalue weighted by atomic mass is 10.2. The average Bonchev–Trinajstić information content (AvgIpc) is 3.12. The molecule has 7 nitrogen and oxygen atoms in total. The van der Waals surface area contributed by atoms with Crippen molar-refractivity contribution >= 4 is 5.91 Å². The van der Waals surface area contributed by atoms with Gasteiger partial charge in [-0.15, -0.1) is 0 Å². The second kappa shape index (κ2) is 6.25. The summed E-state index contributed by atoms with van der Waals surface area (Å²) in [5, 5.41) is 13.0. The van der Waals surface area contributed by atoms with Gasteiger partial charge in [0.25, 0.3) is 5.91 Å². The van der Waals surface area contributed by atoms with Gasteiger partial charge in [0.1, 0.15) is 5.69 Å². The Hall–Kier alpha value is -2.25. The molecule has 1 fully saturated rings. The van der Waals surface area contributed by atoms with Gasteiger partial charge in [-0.3, -0.25) is 14.7 Å². The largest absolute Gasteiger partial charge is 0.390 e. The van der Waals surface area contributed by atoms with Gasteiger partial charge in [0, 0.05) is 31.5 Å². The van der Waals surface area contributed by atoms with Crippen LogP contribution >= 0.6 is 0 Å². The Bertz CT molecular complexity index is 626. The van der Waals surface area contributed by atoms with Gasteiger partial charge in [-0.1, -0.05) is 6.07 Å². The lowest BCUT2D eigenvalue weighted by molar-refractivity contribution is 0.0884. The summed E-state index contributed by atoms with van der Waals surface area (Å²) in [6.45, 7) is 3.79. The van der Waals surface area contributed by atoms with Gasteiger partial charge in [0.15, 0.2) is 0 Å². The number of amides is 1. The number of H-pyrrole nitrogens is 1. The molecule has 0 radical (unpaired) electrons. The minimum Gasteiger partial charge on any atom is -0.390 e. The highest BCUT2D eigenvalue weighted by Crippen LogP contribution is 2.14. The molecule has 3 rings (SSSR count). The van der Waals surface area contributed by atoms with E-state index in [1.807, 2.05) is 25.3 Å². The molecule has 0 aliphatic carbocycles. The molecular formula is C15H19N5O2. The van der Waals surface area contributed by atoms with Crippen molar-refractivity contribution in [2.45, 2.75) is 25.6 Å². The van der Waals surface area contributed by atoms with Crippen LogP contribution in [0.5, 0.6) is 0 Å². The second-order valence-corrected chi connectivity index (χ2v) is 5.61. The molecule has 1 saturated heterocycles. The minimum absolute atomic E-state index is 0.250. The summed E-state index contributed by atoms with van der Waals surface area (Å²) >= 11 is 0. The predicted molar refractivity (Wildman–Crippen MR) is 80.1 cm³/mol. The fourth-order valence-corrected chi connectivity index (χ4v) is 2.61. The zero-order valence-electron chi connectivity index (χ0n) is 12.4. The number of likely N-dealkylation sites (tertiary alicyclic amines) is 1. The van der Waals surface area contributed by atoms with Gasteiger partial charge in [0.2, 0.25) is 0 Å². The highest BCUT2D eigenvalue weighted by Gasteiger charge is 2.32. The molecule has 2 atom stereocenters. The molecule has 0 spiro atoms. The van der Waals surface area contributed by atoms with Crippen LogP contribution in [0.1, 0.15) is 21.7 Å². The van der Waals surface area contributed by atoms with E-state index in [4.69, 9.17) is 0 Å². The summed E-state index contributed by atoms with van der Waals surface area (Å²) in [4.78, 5) is 24.9. The molecule has 0 bridgehead atoms. The first kappa shape index (κ1) is 14.7. The van der Waals surface area contributed by atoms with Crippen LogP contribution in [0.4, 0.5) is 0 Å². The van der Waals surface area contributed by atoms with E-state index >= 15 is 0 Å². The van der Waals surface area contributed by atoms with Crippen LogP contribution in [0.3, 0.4) is 0 Å². The molecule has 0 unspecified atom stereocenters. The lowest BCUT2D eigenvalue weighted by Gasteiger charge is -2.16. The molecule has 2 aromatic heterocycles. The summed E-state index contributed by atoms with van der Waals surface area (Å²) in [7, 11) is 0. The molecule has 1 amide bonds. The molecule has 116 valence electrons. The molecular weight excluding hydrogens is 282 g/mol. The number of aliphatic hydroxyl groups excluding tert-OH is 1. The third-order valence-corrected chi connectivity index (χ3v) is 3.80. The van der Waals surface area contributed by atoms with Crippen molar-refractivity contribution in [1.29, 1.82) is 0 Å². The van der Waals surface area contributed by atoms with Gasteiger partial charge < -0.3 is 15.4 Å². The number of nitrogens with zero attached hydrogens (tertiary/aromatic N) is 3. The smallest absolute Gasteiger partial charge is 0.269 e. The predicted octanol–water partition coefficient (Wildman–Crippen LogP) is 0.0882. The van der Waals surface area contributed by atoms with Crippen LogP contribution in [0.2, 0.25) is 0 Å². The van der Waals surface area contributed by atoms with E-state index in [0.717, 1.165) is 11.3 Å². The van der Waals surface area contributed by atoms with Gasteiger partial charge in [-0.25, -0.2) is 4.98 Å². The lowest BCUT2D eigenvalue weighted by Crippen LogP contribution is -2.42. The summed E-state index contributed by atoms with van der Waals surface area (Å²) < 4.78 is 0. The van der Waals surface area contributed by atoms with Crippen LogP contribution in [0, 0.1) is 6.92 Å². The Morgan fingerprint density at radius 2 is 2.32 bits per heavy atom. The van der Waals surface area contributed by atoms with E-state index in [9.17, 15) is 9.90 Å². The normalized spacial score (nSPS) is 21.9. The van der Waals surface area contributed by atoms with Gasteiger partial charge in [-0.05, 0) is 18.6 Å². The molecule has 3 N–H and O–H groups in total. The van der Waals surface area contributed by atoms with E-state index in [2.05, 4.69) is 25.2 Å². The topological polar surface area (TPSA) is 94.1 Å². The molecule has 0 saturated carbocycles. The van der Waals surface area contributed by atoms with E-state index in [1.54, 1.807) is 0 Å². The number of nitrogens with one attached hydrogen (secondary N) is 2. The Morgan fingerprint density at radius 1 is 1.45 bits per heavy atom. The van der Waals surface area contributed by atoms with Gasteiger partial charge >= 0.3 is 0 Å². The third kappa shape index (κ3) is 3.32. The molecule has 0 aromatic carbocycles. The van der Waals surface area contributed by atoms with Crippen molar-refractivity contribution in [1.82, 2.24) is 25.2 Å². The number of aromatic amines is 1. The Balaban J connectivity index is 1.57. The van der Waals surface area contributed by atoms with Crippen molar-refractivity contribution in [2.24, 2.45) is 0 Å². The quantitative estimate of drug-likeness (QED) is 0.744. The number of β-amino-alcohol motifs (C(OH)–C–C–N with tert-alkyl or cyclic N) is 1. The van der Waals surface area contributed by atoms with E-state index in [0.29, 0.717) is 25.3 Å². The summed E-state index contributed by atoms with van der Waals surface area (Å²) in [5.74, 6) is -0.250. The van der Waals surface area contributed by atoms with Crippen molar-refractivity contribution in [3.8, 4) is 0 Å². The number of aliphatic hydroxyl groups is 1. The minimum atomic E-state index is -0.578. The van der Waals surface area contributed by atoms with E-state index < -0.39 is 6.10 Å². The SMILES string of the molecule is Cc1ccc(CN2C[C@@H](O)[C@H](NC(=O)c3cnc[nH]3)C2)cn1. The van der Waals surface area contributed by atoms with Crippen molar-refractivity contribution in [2.75, 3.05) is 13.1 Å². The number of rotatable bonds is 4. The fourth-order valence-electron chi connectivity index (χ4n) is 2.61. The fraction of sp³-hybridized carbons (Fsp3) is 0.400. The van der Waals surface area contributed by atoms with Crippen molar-refractivity contribution in [3.05, 3.63) is 47.8 Å². The van der Waals surface area contributed by atoms with Crippen LogP contribution in [0.25, 0.3) is 0 Å². The van der Waals surface area contributed by atoms with E-state index in [-0.39, 0.29) is 11.9 Å². The first-order valence-corrected chi connectivity index (χ1v) is 7.23. The standard InChI is InChI=1S/C15H19N5O2/c1-10-2-3-11(4-17-10)6-20-7-13(14(21)8-20)19-15(22)12-5-16-9-18-12/h2-5,9,13-14,21H,6-8H2,1H3,(H,16,18)(H,19,22)/t13-,14-/m1/s1. The van der Waals surface area contributed by atoms with Crippen molar-refractivity contribution in [3.63, 3.8) is 0 Å². The Kier molecular flexibility index (Phi) is 4.17. The number of aryl methyl sites for hydroxylation is 1. The zero-order valence-corrected chi connectivity index (χ0v) is 12.4. The number of carbonyl (C=O) groups is 1. The number of aromatic nitrogens is 3. The maximum absolute atomic E-state index is 12.0. The molecule has 2 aromatic rings. The molecule has 1 aliphatic rings. The van der Waals surface area contributed by atoms with Gasteiger partial charge in [0.05, 0.1) is 24.7 Å². The zero-order chi connectivity index (χ0) is 15.5. The Labute approximate surface area is 128 Å². The van der Waals surface area contributed by atoms with E-state index in [1.165, 1.54) is 12.5 Å². The maximum Gasteiger partial charge on any atom is 0.269 e. The number of hydrogen-bond donors (Lipinski definition) is 3. The summed E-state index contributed by atoms with van der Waals surface area (Å²) in [6.07, 6.45) is 4.19. The number of imidazole rings is 1. The monoisotopic (exact) mass is 301 g/mol. The number of carbonyl (C=O) groups excluding carboxylic acids is 1. The molecule has 1 aliphatic heterocycles. The molecule has 7 heteroatoms. The van der Waals surface area contributed by atoms with Gasteiger partial charge in [-0.2, -0.15) is 0 Å². The summed E-state index contributed by atoms with van der Waals surface area (Å²) in [6, 6.07) is 3.72. The first-order valence-electron chi connectivity index (χ1n) is 7.23. The average molecular weight is 301 g/mol. The second-order valence-electron chi connectivity index (χ2n) is 5.61. The maximum atomic E-state index is 12.0. The summed E-state index contributed by atoms with van der Waals surface area (Å²) in [5.41, 5.74) is 2.47. The van der Waals surface area contributed by atoms with Crippen molar-refractivity contribution < 1.29 is 9.90 Å². The van der Waals surface area contributed by atoms with Crippen LogP contribution in [-0.2, 0) is 6.54 Å². The highest BCUT2D eigenvalue weighted by atomic mass is 16.3. The first-order chi connectivity index (χ1) is 10.6. The molecule has 22 heavy (non-hydrogen) atoms. The van der Waals surface area contributed by atoms with Crippen LogP contribution in [0.15, 0.2) is 30.9 Å². The van der Waals surface area contributed by atoms with Crippen LogP contribution in [-0.4, -0.2) is 56.1 Å². The number of hydrogen-bond acceptors (Lipinski definition) is 5. The van der Waals surface area contributed by atoms with Crippen LogP contribution < -0.4 is 5.32 Å². The Morgan fingerprint density at radius 3 is 3.00 bits per heavy atom. The highest BCUT2D eigenvalue weighted by molar-refractivity contribution is 5.92. The number of pyridine rings is 1. The third-order valence-electron chi connectivity index (χ3n) is 3.80.